The lowest BCUT2D eigenvalue weighted by Gasteiger charge is -2.35. The number of nitrogens with zero attached hydrogens (tertiary/aromatic N) is 5. The molecule has 186 valence electrons. The molecule has 0 spiro atoms. The Balaban J connectivity index is 1.34. The first-order chi connectivity index (χ1) is 17.5. The largest absolute Gasteiger partial charge is 0.404 e. The zero-order chi connectivity index (χ0) is 25.5. The molecule has 1 aliphatic heterocycles. The van der Waals surface area contributed by atoms with Crippen molar-refractivity contribution in [1.82, 2.24) is 19.9 Å². The van der Waals surface area contributed by atoms with Crippen molar-refractivity contribution < 1.29 is 9.50 Å². The van der Waals surface area contributed by atoms with E-state index in [1.165, 1.54) is 18.3 Å². The maximum absolute atomic E-state index is 13.2. The van der Waals surface area contributed by atoms with Crippen LogP contribution in [0, 0.1) is 11.2 Å². The number of aliphatic imine (C=N–C) groups is 1. The van der Waals surface area contributed by atoms with Crippen molar-refractivity contribution in [2.24, 2.45) is 10.7 Å². The van der Waals surface area contributed by atoms with Crippen LogP contribution in [0.2, 0.25) is 0 Å². The van der Waals surface area contributed by atoms with Crippen LogP contribution in [0.4, 0.5) is 10.3 Å². The quantitative estimate of drug-likeness (QED) is 0.285. The van der Waals surface area contributed by atoms with Crippen molar-refractivity contribution >= 4 is 29.1 Å². The standard InChI is InChI=1S/C26H29FN8O/c1-18(19-2-4-23(27)5-3-19)22-16-32-26(33-17-22)35-9-7-34(8-10-35)25(29)24-12-20(15-31-24)21(13-28)14-30-6-11-36/h2-5,12-17,29,31,36H,1,6-11,28H2/b21-13+,29-25?,30-14?. The molecule has 9 nitrogen and oxygen atoms in total. The molecule has 2 aromatic heterocycles. The molecule has 3 heterocycles. The van der Waals surface area contributed by atoms with Gasteiger partial charge in [0.2, 0.25) is 5.95 Å². The highest BCUT2D eigenvalue weighted by Crippen LogP contribution is 2.22. The lowest BCUT2D eigenvalue weighted by molar-refractivity contribution is 0.307. The Labute approximate surface area is 209 Å². The third-order valence-corrected chi connectivity index (χ3v) is 5.97. The number of piperazine rings is 1. The number of hydrogen-bond donors (Lipinski definition) is 4. The van der Waals surface area contributed by atoms with Crippen LogP contribution in [0.15, 0.2) is 66.7 Å². The second kappa shape index (κ2) is 11.4. The number of nitrogens with one attached hydrogen (secondary N) is 2. The first kappa shape index (κ1) is 24.8. The fraction of sp³-hybridized carbons (Fsp3) is 0.231. The number of nitrogens with two attached hydrogens (primary N) is 1. The number of H-pyrrole nitrogens is 1. The van der Waals surface area contributed by atoms with Crippen molar-refractivity contribution in [3.8, 4) is 0 Å². The van der Waals surface area contributed by atoms with Gasteiger partial charge in [0.1, 0.15) is 11.7 Å². The zero-order valence-electron chi connectivity index (χ0n) is 19.9. The Kier molecular flexibility index (Phi) is 7.86. The molecular weight excluding hydrogens is 459 g/mol. The van der Waals surface area contributed by atoms with E-state index in [0.717, 1.165) is 22.3 Å². The maximum Gasteiger partial charge on any atom is 0.225 e. The number of aromatic amines is 1. The third-order valence-electron chi connectivity index (χ3n) is 5.97. The Morgan fingerprint density at radius 2 is 1.83 bits per heavy atom. The highest BCUT2D eigenvalue weighted by molar-refractivity contribution is 6.10. The van der Waals surface area contributed by atoms with Crippen molar-refractivity contribution in [3.05, 3.63) is 89.9 Å². The van der Waals surface area contributed by atoms with E-state index in [-0.39, 0.29) is 12.4 Å². The van der Waals surface area contributed by atoms with E-state index in [2.05, 4.69) is 31.4 Å². The molecule has 0 atom stereocenters. The minimum absolute atomic E-state index is 0.0240. The smallest absolute Gasteiger partial charge is 0.225 e. The van der Waals surface area contributed by atoms with E-state index in [1.807, 2.05) is 11.0 Å². The lowest BCUT2D eigenvalue weighted by Crippen LogP contribution is -2.49. The Morgan fingerprint density at radius 1 is 1.14 bits per heavy atom. The molecule has 3 aromatic rings. The predicted molar refractivity (Wildman–Crippen MR) is 141 cm³/mol. The third kappa shape index (κ3) is 5.66. The molecule has 0 bridgehead atoms. The fourth-order valence-electron chi connectivity index (χ4n) is 3.89. The lowest BCUT2D eigenvalue weighted by atomic mass is 10.0. The number of halogens is 1. The topological polar surface area (TPSA) is 131 Å². The molecule has 10 heteroatoms. The average molecular weight is 489 g/mol. The number of benzene rings is 1. The van der Waals surface area contributed by atoms with E-state index in [1.54, 1.807) is 36.9 Å². The number of allylic oxidation sites excluding steroid dienone is 1. The summed E-state index contributed by atoms with van der Waals surface area (Å²) in [5.74, 6) is 0.734. The number of aliphatic hydroxyl groups excluding tert-OH is 1. The molecule has 0 saturated carbocycles. The fourth-order valence-corrected chi connectivity index (χ4v) is 3.89. The van der Waals surface area contributed by atoms with E-state index < -0.39 is 0 Å². The van der Waals surface area contributed by atoms with Gasteiger partial charge < -0.3 is 25.6 Å². The Morgan fingerprint density at radius 3 is 2.47 bits per heavy atom. The summed E-state index contributed by atoms with van der Waals surface area (Å²) in [4.78, 5) is 20.4. The van der Waals surface area contributed by atoms with Gasteiger partial charge in [-0.3, -0.25) is 10.4 Å². The summed E-state index contributed by atoms with van der Waals surface area (Å²) in [7, 11) is 0. The number of aromatic nitrogens is 3. The van der Waals surface area contributed by atoms with Crippen LogP contribution in [-0.2, 0) is 0 Å². The predicted octanol–water partition coefficient (Wildman–Crippen LogP) is 2.52. The van der Waals surface area contributed by atoms with Gasteiger partial charge in [0.05, 0.1) is 18.8 Å². The summed E-state index contributed by atoms with van der Waals surface area (Å²) in [6.07, 6.45) is 8.33. The SMILES string of the molecule is C=C(c1ccc(F)cc1)c1cnc(N2CCN(C(=N)c3cc(/C(C=NCCO)=C/N)c[nH]3)CC2)nc1. The van der Waals surface area contributed by atoms with Crippen LogP contribution in [0.5, 0.6) is 0 Å². The summed E-state index contributed by atoms with van der Waals surface area (Å²) < 4.78 is 13.2. The normalized spacial score (nSPS) is 14.4. The molecule has 0 unspecified atom stereocenters. The van der Waals surface area contributed by atoms with E-state index >= 15 is 0 Å². The first-order valence-electron chi connectivity index (χ1n) is 11.6. The van der Waals surface area contributed by atoms with E-state index in [9.17, 15) is 4.39 Å². The number of anilines is 1. The molecule has 0 radical (unpaired) electrons. The monoisotopic (exact) mass is 488 g/mol. The van der Waals surface area contributed by atoms with Crippen molar-refractivity contribution in [1.29, 1.82) is 5.41 Å². The van der Waals surface area contributed by atoms with Gasteiger partial charge in [0.15, 0.2) is 0 Å². The van der Waals surface area contributed by atoms with Gasteiger partial charge in [-0.15, -0.1) is 0 Å². The molecule has 1 aromatic carbocycles. The molecule has 5 N–H and O–H groups in total. The molecule has 1 aliphatic rings. The molecule has 36 heavy (non-hydrogen) atoms. The van der Waals surface area contributed by atoms with E-state index in [4.69, 9.17) is 16.2 Å². The Bertz CT molecular complexity index is 1260. The van der Waals surface area contributed by atoms with Crippen molar-refractivity contribution in [3.63, 3.8) is 0 Å². The summed E-state index contributed by atoms with van der Waals surface area (Å²) >= 11 is 0. The van der Waals surface area contributed by atoms with Gasteiger partial charge in [-0.1, -0.05) is 18.7 Å². The molecule has 1 fully saturated rings. The van der Waals surface area contributed by atoms with Gasteiger partial charge in [0, 0.05) is 73.9 Å². The molecule has 4 rings (SSSR count). The number of amidine groups is 1. The minimum Gasteiger partial charge on any atom is -0.404 e. The molecular formula is C26H29FN8O. The maximum atomic E-state index is 13.2. The zero-order valence-corrected chi connectivity index (χ0v) is 19.9. The van der Waals surface area contributed by atoms with Gasteiger partial charge in [-0.25, -0.2) is 14.4 Å². The van der Waals surface area contributed by atoms with Gasteiger partial charge >= 0.3 is 0 Å². The summed E-state index contributed by atoms with van der Waals surface area (Å²) in [6, 6.07) is 8.05. The second-order valence-electron chi connectivity index (χ2n) is 8.26. The van der Waals surface area contributed by atoms with Crippen LogP contribution in [0.1, 0.15) is 22.4 Å². The van der Waals surface area contributed by atoms with Gasteiger partial charge in [-0.2, -0.15) is 0 Å². The number of aliphatic hydroxyl groups is 1. The number of hydrogen-bond acceptors (Lipinski definition) is 7. The van der Waals surface area contributed by atoms with E-state index in [0.29, 0.717) is 55.8 Å². The minimum atomic E-state index is -0.289. The first-order valence-corrected chi connectivity index (χ1v) is 11.6. The average Bonchev–Trinajstić information content (AvgIpc) is 3.41. The highest BCUT2D eigenvalue weighted by Gasteiger charge is 2.22. The summed E-state index contributed by atoms with van der Waals surface area (Å²) in [5.41, 5.74) is 10.3. The van der Waals surface area contributed by atoms with Gasteiger partial charge in [-0.05, 0) is 29.3 Å². The van der Waals surface area contributed by atoms with Crippen molar-refractivity contribution in [2.75, 3.05) is 44.2 Å². The van der Waals surface area contributed by atoms with Crippen LogP contribution in [0.25, 0.3) is 11.1 Å². The van der Waals surface area contributed by atoms with Crippen LogP contribution < -0.4 is 10.6 Å². The summed E-state index contributed by atoms with van der Waals surface area (Å²) in [5, 5.41) is 17.5. The Hall–Kier alpha value is -4.31. The molecule has 0 aliphatic carbocycles. The second-order valence-corrected chi connectivity index (χ2v) is 8.26. The van der Waals surface area contributed by atoms with Crippen LogP contribution >= 0.6 is 0 Å². The molecule has 0 amide bonds. The van der Waals surface area contributed by atoms with Crippen LogP contribution in [-0.4, -0.2) is 76.3 Å². The molecule has 1 saturated heterocycles. The van der Waals surface area contributed by atoms with Crippen molar-refractivity contribution in [2.45, 2.75) is 0 Å². The number of rotatable bonds is 8. The highest BCUT2D eigenvalue weighted by atomic mass is 19.1. The van der Waals surface area contributed by atoms with Crippen LogP contribution in [0.3, 0.4) is 0 Å². The summed E-state index contributed by atoms with van der Waals surface area (Å²) in [6.45, 7) is 7.03. The van der Waals surface area contributed by atoms with Gasteiger partial charge in [0.25, 0.3) is 0 Å².